The summed E-state index contributed by atoms with van der Waals surface area (Å²) < 4.78 is 8.11. The topological polar surface area (TPSA) is 26.5 Å². The molecule has 0 bridgehead atoms. The Bertz CT molecular complexity index is 639. The van der Waals surface area contributed by atoms with E-state index in [1.54, 1.807) is 0 Å². The normalized spacial score (nSPS) is 18.6. The highest BCUT2D eigenvalue weighted by atomic mass is 16.5. The van der Waals surface area contributed by atoms with Gasteiger partial charge in [-0.1, -0.05) is 32.0 Å². The molecule has 0 saturated heterocycles. The summed E-state index contributed by atoms with van der Waals surface area (Å²) >= 11 is 0. The van der Waals surface area contributed by atoms with Crippen LogP contribution in [0.2, 0.25) is 0 Å². The van der Waals surface area contributed by atoms with Crippen LogP contribution >= 0.6 is 0 Å². The molecular formula is C17H22N2O. The third-order valence-corrected chi connectivity index (χ3v) is 3.82. The van der Waals surface area contributed by atoms with Crippen LogP contribution in [0.3, 0.4) is 0 Å². The first-order valence-corrected chi connectivity index (χ1v) is 7.48. The van der Waals surface area contributed by atoms with Gasteiger partial charge in [-0.2, -0.15) is 0 Å². The molecule has 1 aromatic carbocycles. The molecule has 3 nitrogen and oxygen atoms in total. The van der Waals surface area contributed by atoms with Crippen molar-refractivity contribution in [1.29, 1.82) is 0 Å². The molecule has 2 aromatic rings. The molecule has 20 heavy (non-hydrogen) atoms. The molecule has 106 valence electrons. The van der Waals surface area contributed by atoms with Gasteiger partial charge in [-0.25, -0.2) is 4.99 Å². The zero-order valence-electron chi connectivity index (χ0n) is 12.5. The number of aliphatic imine (C=N–C) groups is 1. The summed E-state index contributed by atoms with van der Waals surface area (Å²) in [4.78, 5) is 4.78. The van der Waals surface area contributed by atoms with E-state index < -0.39 is 0 Å². The summed E-state index contributed by atoms with van der Waals surface area (Å²) in [5.74, 6) is 1.47. The average Bonchev–Trinajstić information content (AvgIpc) is 3.02. The molecule has 1 aromatic heterocycles. The Kier molecular flexibility index (Phi) is 3.51. The van der Waals surface area contributed by atoms with Crippen LogP contribution < -0.4 is 0 Å². The van der Waals surface area contributed by atoms with E-state index in [1.807, 2.05) is 0 Å². The van der Waals surface area contributed by atoms with Gasteiger partial charge in [0.2, 0.25) is 5.90 Å². The minimum absolute atomic E-state index is 0.314. The molecule has 2 heterocycles. The third kappa shape index (κ3) is 2.33. The fourth-order valence-corrected chi connectivity index (χ4v) is 2.91. The van der Waals surface area contributed by atoms with Crippen molar-refractivity contribution in [3.63, 3.8) is 0 Å². The van der Waals surface area contributed by atoms with Crippen molar-refractivity contribution in [3.05, 3.63) is 36.0 Å². The Balaban J connectivity index is 1.99. The number of fused-ring (bicyclic) bond motifs is 1. The van der Waals surface area contributed by atoms with Gasteiger partial charge < -0.3 is 9.30 Å². The fourth-order valence-electron chi connectivity index (χ4n) is 2.91. The molecule has 0 aliphatic carbocycles. The number of ether oxygens (including phenoxy) is 1. The molecule has 0 amide bonds. The Labute approximate surface area is 120 Å². The predicted molar refractivity (Wildman–Crippen MR) is 83.3 cm³/mol. The van der Waals surface area contributed by atoms with Crippen LogP contribution in [0, 0.1) is 5.92 Å². The number of aromatic nitrogens is 1. The second-order valence-electron chi connectivity index (χ2n) is 5.87. The molecule has 0 radical (unpaired) electrons. The second-order valence-corrected chi connectivity index (χ2v) is 5.87. The van der Waals surface area contributed by atoms with Crippen molar-refractivity contribution >= 4 is 16.8 Å². The summed E-state index contributed by atoms with van der Waals surface area (Å²) in [7, 11) is 0. The zero-order valence-corrected chi connectivity index (χ0v) is 12.5. The van der Waals surface area contributed by atoms with Gasteiger partial charge in [0.1, 0.15) is 6.61 Å². The molecule has 3 rings (SSSR count). The van der Waals surface area contributed by atoms with Gasteiger partial charge in [-0.15, -0.1) is 0 Å². The number of para-hydroxylation sites is 1. The Morgan fingerprint density at radius 3 is 2.90 bits per heavy atom. The van der Waals surface area contributed by atoms with Gasteiger partial charge in [-0.05, 0) is 25.3 Å². The molecule has 1 aliphatic heterocycles. The number of rotatable bonds is 4. The Morgan fingerprint density at radius 2 is 2.15 bits per heavy atom. The van der Waals surface area contributed by atoms with Crippen molar-refractivity contribution < 1.29 is 4.74 Å². The number of benzene rings is 1. The maximum absolute atomic E-state index is 5.86. The lowest BCUT2D eigenvalue weighted by atomic mass is 10.1. The van der Waals surface area contributed by atoms with E-state index >= 15 is 0 Å². The lowest BCUT2D eigenvalue weighted by Gasteiger charge is -2.06. The van der Waals surface area contributed by atoms with E-state index in [-0.39, 0.29) is 0 Å². The fraction of sp³-hybridized carbons (Fsp3) is 0.471. The van der Waals surface area contributed by atoms with Crippen LogP contribution in [0.5, 0.6) is 0 Å². The summed E-state index contributed by atoms with van der Waals surface area (Å²) in [5.41, 5.74) is 2.39. The molecule has 0 spiro atoms. The zero-order chi connectivity index (χ0) is 14.1. The molecule has 0 fully saturated rings. The van der Waals surface area contributed by atoms with Crippen LogP contribution in [0.25, 0.3) is 10.9 Å². The highest BCUT2D eigenvalue weighted by Gasteiger charge is 2.23. The van der Waals surface area contributed by atoms with Crippen molar-refractivity contribution in [3.8, 4) is 0 Å². The lowest BCUT2D eigenvalue weighted by Crippen LogP contribution is -2.09. The minimum atomic E-state index is 0.314. The first-order valence-electron chi connectivity index (χ1n) is 7.48. The number of hydrogen-bond acceptors (Lipinski definition) is 2. The Morgan fingerprint density at radius 1 is 1.35 bits per heavy atom. The maximum Gasteiger partial charge on any atom is 0.218 e. The molecule has 3 heteroatoms. The molecule has 1 aliphatic rings. The first kappa shape index (κ1) is 13.2. The van der Waals surface area contributed by atoms with E-state index in [9.17, 15) is 0 Å². The van der Waals surface area contributed by atoms with Crippen LogP contribution in [-0.2, 0) is 11.3 Å². The summed E-state index contributed by atoms with van der Waals surface area (Å²) in [6.45, 7) is 8.31. The molecule has 0 unspecified atom stereocenters. The van der Waals surface area contributed by atoms with Crippen LogP contribution in [0.15, 0.2) is 35.5 Å². The van der Waals surface area contributed by atoms with Gasteiger partial charge in [0.15, 0.2) is 0 Å². The smallest absolute Gasteiger partial charge is 0.218 e. The standard InChI is InChI=1S/C17H22N2O/c1-4-19-10-15(14-7-5-6-8-16(14)19)17-18-13(11-20-17)9-12(2)3/h5-8,10,12-13H,4,9,11H2,1-3H3/t13-/m1/s1. The van der Waals surface area contributed by atoms with Crippen LogP contribution in [0.1, 0.15) is 32.8 Å². The summed E-state index contributed by atoms with van der Waals surface area (Å²) in [5, 5.41) is 1.23. The highest BCUT2D eigenvalue weighted by molar-refractivity contribution is 6.07. The quantitative estimate of drug-likeness (QED) is 0.828. The third-order valence-electron chi connectivity index (χ3n) is 3.82. The van der Waals surface area contributed by atoms with E-state index in [2.05, 4.69) is 55.8 Å². The van der Waals surface area contributed by atoms with Gasteiger partial charge in [0.25, 0.3) is 0 Å². The van der Waals surface area contributed by atoms with E-state index in [0.717, 1.165) is 31.0 Å². The maximum atomic E-state index is 5.86. The molecular weight excluding hydrogens is 248 g/mol. The second kappa shape index (κ2) is 5.31. The predicted octanol–water partition coefficient (Wildman–Crippen LogP) is 3.85. The van der Waals surface area contributed by atoms with E-state index in [1.165, 1.54) is 10.9 Å². The molecule has 1 atom stereocenters. The van der Waals surface area contributed by atoms with Crippen molar-refractivity contribution in [1.82, 2.24) is 4.57 Å². The van der Waals surface area contributed by atoms with E-state index in [4.69, 9.17) is 9.73 Å². The van der Waals surface area contributed by atoms with E-state index in [0.29, 0.717) is 12.0 Å². The van der Waals surface area contributed by atoms with Gasteiger partial charge >= 0.3 is 0 Å². The van der Waals surface area contributed by atoms with Gasteiger partial charge in [0.05, 0.1) is 11.6 Å². The largest absolute Gasteiger partial charge is 0.475 e. The first-order chi connectivity index (χ1) is 9.69. The van der Waals surface area contributed by atoms with Gasteiger partial charge in [0, 0.05) is 23.6 Å². The van der Waals surface area contributed by atoms with Crippen molar-refractivity contribution in [2.45, 2.75) is 39.8 Å². The lowest BCUT2D eigenvalue weighted by molar-refractivity contribution is 0.301. The number of nitrogens with zero attached hydrogens (tertiary/aromatic N) is 2. The Hall–Kier alpha value is -1.77. The molecule has 0 saturated carbocycles. The van der Waals surface area contributed by atoms with Crippen molar-refractivity contribution in [2.24, 2.45) is 10.9 Å². The average molecular weight is 270 g/mol. The number of hydrogen-bond donors (Lipinski definition) is 0. The number of aryl methyl sites for hydroxylation is 1. The monoisotopic (exact) mass is 270 g/mol. The SMILES string of the molecule is CCn1cc(C2=N[C@H](CC(C)C)CO2)c2ccccc21. The van der Waals surface area contributed by atoms with Crippen LogP contribution in [-0.4, -0.2) is 23.1 Å². The minimum Gasteiger partial charge on any atom is -0.475 e. The summed E-state index contributed by atoms with van der Waals surface area (Å²) in [6, 6.07) is 8.78. The molecule has 0 N–H and O–H groups in total. The van der Waals surface area contributed by atoms with Gasteiger partial charge in [-0.3, -0.25) is 0 Å². The van der Waals surface area contributed by atoms with Crippen molar-refractivity contribution in [2.75, 3.05) is 6.61 Å². The highest BCUT2D eigenvalue weighted by Crippen LogP contribution is 2.25. The van der Waals surface area contributed by atoms with Crippen LogP contribution in [0.4, 0.5) is 0 Å². The summed E-state index contributed by atoms with van der Waals surface area (Å²) in [6.07, 6.45) is 3.26.